The summed E-state index contributed by atoms with van der Waals surface area (Å²) in [7, 11) is 0. The third kappa shape index (κ3) is 2.37. The van der Waals surface area contributed by atoms with E-state index in [1.165, 1.54) is 0 Å². The van der Waals surface area contributed by atoms with Gasteiger partial charge >= 0.3 is 0 Å². The van der Waals surface area contributed by atoms with Crippen LogP contribution in [0.1, 0.15) is 12.0 Å². The maximum atomic E-state index is 12.5. The van der Waals surface area contributed by atoms with Gasteiger partial charge in [0.1, 0.15) is 0 Å². The lowest BCUT2D eigenvalue weighted by Crippen LogP contribution is -2.39. The van der Waals surface area contributed by atoms with Crippen LogP contribution in [0.3, 0.4) is 0 Å². The number of nitrogens with two attached hydrogens (primary N) is 1. The van der Waals surface area contributed by atoms with Crippen LogP contribution >= 0.6 is 0 Å². The number of hydrogen-bond donors (Lipinski definition) is 2. The van der Waals surface area contributed by atoms with Gasteiger partial charge in [-0.25, -0.2) is 0 Å². The lowest BCUT2D eigenvalue weighted by molar-refractivity contribution is -0.130. The Balaban J connectivity index is 1.76. The van der Waals surface area contributed by atoms with Crippen molar-refractivity contribution in [3.05, 3.63) is 48.6 Å². The van der Waals surface area contributed by atoms with E-state index in [1.54, 1.807) is 6.08 Å². The van der Waals surface area contributed by atoms with Crippen LogP contribution in [-0.2, 0) is 9.59 Å². The highest BCUT2D eigenvalue weighted by atomic mass is 16.2. The van der Waals surface area contributed by atoms with E-state index in [2.05, 4.69) is 11.9 Å². The molecular weight excluding hydrogens is 264 g/mol. The summed E-state index contributed by atoms with van der Waals surface area (Å²) in [6.45, 7) is 3.69. The van der Waals surface area contributed by atoms with Crippen LogP contribution in [-0.4, -0.2) is 11.8 Å². The van der Waals surface area contributed by atoms with Gasteiger partial charge in [-0.05, 0) is 36.0 Å². The van der Waals surface area contributed by atoms with Gasteiger partial charge in [0.15, 0.2) is 0 Å². The highest BCUT2D eigenvalue weighted by Gasteiger charge is 2.50. The molecule has 0 spiro atoms. The molecule has 0 heterocycles. The molecule has 2 bridgehead atoms. The molecule has 1 saturated carbocycles. The first-order valence-electron chi connectivity index (χ1n) is 7.11. The van der Waals surface area contributed by atoms with Gasteiger partial charge in [-0.15, -0.1) is 0 Å². The van der Waals surface area contributed by atoms with Crippen molar-refractivity contribution < 1.29 is 9.59 Å². The molecule has 0 aliphatic heterocycles. The van der Waals surface area contributed by atoms with Crippen LogP contribution in [0.2, 0.25) is 0 Å². The second kappa shape index (κ2) is 5.20. The monoisotopic (exact) mass is 282 g/mol. The van der Waals surface area contributed by atoms with Crippen LogP contribution in [0, 0.1) is 23.7 Å². The zero-order valence-corrected chi connectivity index (χ0v) is 11.7. The number of carbonyl (C=O) groups is 2. The molecule has 1 fully saturated rings. The van der Waals surface area contributed by atoms with Gasteiger partial charge in [-0.2, -0.15) is 0 Å². The average molecular weight is 282 g/mol. The molecule has 21 heavy (non-hydrogen) atoms. The lowest BCUT2D eigenvalue weighted by Gasteiger charge is -2.24. The summed E-state index contributed by atoms with van der Waals surface area (Å²) in [4.78, 5) is 24.1. The standard InChI is InChI=1S/C17H18N2O2/c1-2-10-3-7-13(8-4-10)19-17(21)15-12-6-5-11(9-12)14(15)16(18)20/h2-8,11-12,14-15H,1,9H2,(H2,18,20)(H,19,21). The number of amides is 2. The Labute approximate surface area is 123 Å². The Kier molecular flexibility index (Phi) is 3.37. The largest absolute Gasteiger partial charge is 0.369 e. The molecule has 3 rings (SSSR count). The summed E-state index contributed by atoms with van der Waals surface area (Å²) in [5, 5.41) is 2.89. The predicted octanol–water partition coefficient (Wildman–Crippen LogP) is 2.19. The number of nitrogens with one attached hydrogen (secondary N) is 1. The van der Waals surface area contributed by atoms with Crippen LogP contribution in [0.4, 0.5) is 5.69 Å². The molecule has 2 aliphatic rings. The maximum absolute atomic E-state index is 12.5. The second-order valence-corrected chi connectivity index (χ2v) is 5.72. The quantitative estimate of drug-likeness (QED) is 0.831. The maximum Gasteiger partial charge on any atom is 0.228 e. The molecule has 0 aromatic heterocycles. The van der Waals surface area contributed by atoms with Gasteiger partial charge in [-0.1, -0.05) is 36.9 Å². The molecular formula is C17H18N2O2. The summed E-state index contributed by atoms with van der Waals surface area (Å²) in [6, 6.07) is 7.43. The fourth-order valence-electron chi connectivity index (χ4n) is 3.50. The molecule has 0 saturated heterocycles. The fourth-order valence-corrected chi connectivity index (χ4v) is 3.50. The van der Waals surface area contributed by atoms with Crippen LogP contribution in [0.25, 0.3) is 6.08 Å². The molecule has 2 amide bonds. The van der Waals surface area contributed by atoms with Crippen molar-refractivity contribution in [2.24, 2.45) is 29.4 Å². The van der Waals surface area contributed by atoms with E-state index in [0.717, 1.165) is 17.7 Å². The van der Waals surface area contributed by atoms with Gasteiger partial charge in [0.25, 0.3) is 0 Å². The van der Waals surface area contributed by atoms with E-state index in [1.807, 2.05) is 36.4 Å². The predicted molar refractivity (Wildman–Crippen MR) is 82.1 cm³/mol. The minimum Gasteiger partial charge on any atom is -0.369 e. The molecule has 2 aliphatic carbocycles. The molecule has 108 valence electrons. The van der Waals surface area contributed by atoms with Gasteiger partial charge < -0.3 is 11.1 Å². The van der Waals surface area contributed by atoms with Crippen molar-refractivity contribution in [1.82, 2.24) is 0 Å². The summed E-state index contributed by atoms with van der Waals surface area (Å²) in [6.07, 6.45) is 6.65. The third-order valence-corrected chi connectivity index (χ3v) is 4.50. The number of allylic oxidation sites excluding steroid dienone is 2. The van der Waals surface area contributed by atoms with Crippen molar-refractivity contribution in [3.8, 4) is 0 Å². The minimum atomic E-state index is -0.382. The number of anilines is 1. The highest BCUT2D eigenvalue weighted by molar-refractivity contribution is 5.97. The van der Waals surface area contributed by atoms with E-state index < -0.39 is 0 Å². The summed E-state index contributed by atoms with van der Waals surface area (Å²) < 4.78 is 0. The molecule has 3 N–H and O–H groups in total. The van der Waals surface area contributed by atoms with Crippen LogP contribution in [0.15, 0.2) is 43.0 Å². The third-order valence-electron chi connectivity index (χ3n) is 4.50. The van der Waals surface area contributed by atoms with Crippen molar-refractivity contribution in [3.63, 3.8) is 0 Å². The topological polar surface area (TPSA) is 72.2 Å². The average Bonchev–Trinajstić information content (AvgIpc) is 3.08. The summed E-state index contributed by atoms with van der Waals surface area (Å²) in [5.41, 5.74) is 7.19. The number of carbonyl (C=O) groups excluding carboxylic acids is 2. The van der Waals surface area contributed by atoms with E-state index in [-0.39, 0.29) is 35.5 Å². The molecule has 4 heteroatoms. The van der Waals surface area contributed by atoms with Gasteiger partial charge in [0.05, 0.1) is 11.8 Å². The normalized spacial score (nSPS) is 29.3. The second-order valence-electron chi connectivity index (χ2n) is 5.72. The molecule has 1 aromatic rings. The Morgan fingerprint density at radius 3 is 2.33 bits per heavy atom. The zero-order valence-electron chi connectivity index (χ0n) is 11.7. The number of fused-ring (bicyclic) bond motifs is 2. The van der Waals surface area contributed by atoms with Gasteiger partial charge in [0, 0.05) is 5.69 Å². The van der Waals surface area contributed by atoms with Crippen LogP contribution in [0.5, 0.6) is 0 Å². The summed E-state index contributed by atoms with van der Waals surface area (Å²) in [5.74, 6) is -0.994. The zero-order chi connectivity index (χ0) is 15.0. The number of primary amides is 1. The smallest absolute Gasteiger partial charge is 0.228 e. The lowest BCUT2D eigenvalue weighted by atomic mass is 9.82. The number of rotatable bonds is 4. The Morgan fingerprint density at radius 2 is 1.76 bits per heavy atom. The first kappa shape index (κ1) is 13.6. The molecule has 1 aromatic carbocycles. The van der Waals surface area contributed by atoms with Crippen molar-refractivity contribution >= 4 is 23.6 Å². The van der Waals surface area contributed by atoms with Crippen LogP contribution < -0.4 is 11.1 Å². The number of hydrogen-bond acceptors (Lipinski definition) is 2. The Bertz CT molecular complexity index is 618. The van der Waals surface area contributed by atoms with E-state index in [4.69, 9.17) is 5.73 Å². The van der Waals surface area contributed by atoms with E-state index in [9.17, 15) is 9.59 Å². The first-order valence-corrected chi connectivity index (χ1v) is 7.11. The van der Waals surface area contributed by atoms with Gasteiger partial charge in [0.2, 0.25) is 11.8 Å². The Hall–Kier alpha value is -2.36. The molecule has 4 nitrogen and oxygen atoms in total. The van der Waals surface area contributed by atoms with E-state index >= 15 is 0 Å². The van der Waals surface area contributed by atoms with Crippen molar-refractivity contribution in [2.75, 3.05) is 5.32 Å². The van der Waals surface area contributed by atoms with E-state index in [0.29, 0.717) is 0 Å². The minimum absolute atomic E-state index is 0.117. The van der Waals surface area contributed by atoms with Gasteiger partial charge in [-0.3, -0.25) is 9.59 Å². The first-order chi connectivity index (χ1) is 10.1. The summed E-state index contributed by atoms with van der Waals surface area (Å²) >= 11 is 0. The molecule has 0 radical (unpaired) electrons. The van der Waals surface area contributed by atoms with Crippen molar-refractivity contribution in [1.29, 1.82) is 0 Å². The fraction of sp³-hybridized carbons (Fsp3) is 0.294. The van der Waals surface area contributed by atoms with Crippen molar-refractivity contribution in [2.45, 2.75) is 6.42 Å². The SMILES string of the molecule is C=Cc1ccc(NC(=O)C2C3C=CC(C3)C2C(N)=O)cc1. The number of benzene rings is 1. The Morgan fingerprint density at radius 1 is 1.14 bits per heavy atom. The molecule has 4 unspecified atom stereocenters. The highest BCUT2D eigenvalue weighted by Crippen LogP contribution is 2.48. The molecule has 4 atom stereocenters.